The summed E-state index contributed by atoms with van der Waals surface area (Å²) in [4.78, 5) is 14.2. The van der Waals surface area contributed by atoms with Gasteiger partial charge in [0.25, 0.3) is 0 Å². The number of halogens is 2. The first-order chi connectivity index (χ1) is 9.27. The predicted molar refractivity (Wildman–Crippen MR) is 84.3 cm³/mol. The third-order valence-corrected chi connectivity index (χ3v) is 3.99. The van der Waals surface area contributed by atoms with E-state index < -0.39 is 0 Å². The molecule has 0 aliphatic carbocycles. The summed E-state index contributed by atoms with van der Waals surface area (Å²) in [5.41, 5.74) is 6.90. The first-order valence-electron chi connectivity index (χ1n) is 6.53. The summed E-state index contributed by atoms with van der Waals surface area (Å²) in [7, 11) is 0. The molecule has 3 N–H and O–H groups in total. The third kappa shape index (κ3) is 3.78. The van der Waals surface area contributed by atoms with E-state index in [0.717, 1.165) is 19.5 Å². The largest absolute Gasteiger partial charge is 0.397 e. The SMILES string of the molecule is CC1(C)CCN(CC(=O)Nc2c(N)cc(Cl)cc2Cl)C1. The number of amides is 1. The monoisotopic (exact) mass is 315 g/mol. The van der Waals surface area contributed by atoms with E-state index >= 15 is 0 Å². The van der Waals surface area contributed by atoms with Crippen molar-refractivity contribution in [2.75, 3.05) is 30.7 Å². The molecule has 1 aliphatic heterocycles. The minimum absolute atomic E-state index is 0.112. The number of nitrogens with one attached hydrogen (secondary N) is 1. The molecule has 6 heteroatoms. The molecule has 1 heterocycles. The summed E-state index contributed by atoms with van der Waals surface area (Å²) in [6, 6.07) is 3.13. The average molecular weight is 316 g/mol. The van der Waals surface area contributed by atoms with Crippen LogP contribution in [0.15, 0.2) is 12.1 Å². The zero-order valence-electron chi connectivity index (χ0n) is 11.7. The summed E-state index contributed by atoms with van der Waals surface area (Å²) in [5, 5.41) is 3.57. The van der Waals surface area contributed by atoms with Crippen LogP contribution in [0.5, 0.6) is 0 Å². The Morgan fingerprint density at radius 3 is 2.70 bits per heavy atom. The summed E-state index contributed by atoms with van der Waals surface area (Å²) in [6.07, 6.45) is 1.10. The zero-order chi connectivity index (χ0) is 14.9. The molecule has 1 saturated heterocycles. The van der Waals surface area contributed by atoms with Gasteiger partial charge < -0.3 is 11.1 Å². The van der Waals surface area contributed by atoms with Crippen molar-refractivity contribution in [1.82, 2.24) is 4.90 Å². The number of anilines is 2. The van der Waals surface area contributed by atoms with Gasteiger partial charge in [-0.05, 0) is 30.5 Å². The molecule has 1 aromatic rings. The van der Waals surface area contributed by atoms with E-state index in [4.69, 9.17) is 28.9 Å². The fourth-order valence-electron chi connectivity index (χ4n) is 2.47. The molecule has 20 heavy (non-hydrogen) atoms. The smallest absolute Gasteiger partial charge is 0.238 e. The van der Waals surface area contributed by atoms with Crippen LogP contribution in [0.25, 0.3) is 0 Å². The molecule has 2 rings (SSSR count). The molecule has 0 bridgehead atoms. The third-order valence-electron chi connectivity index (χ3n) is 3.47. The first-order valence-corrected chi connectivity index (χ1v) is 7.29. The van der Waals surface area contributed by atoms with Gasteiger partial charge in [0.05, 0.1) is 22.9 Å². The molecule has 1 aromatic carbocycles. The van der Waals surface area contributed by atoms with Gasteiger partial charge in [-0.25, -0.2) is 0 Å². The van der Waals surface area contributed by atoms with Gasteiger partial charge in [0.15, 0.2) is 0 Å². The lowest BCUT2D eigenvalue weighted by Gasteiger charge is -2.19. The van der Waals surface area contributed by atoms with E-state index in [0.29, 0.717) is 28.0 Å². The molecule has 1 amide bonds. The number of nitrogens with two attached hydrogens (primary N) is 1. The van der Waals surface area contributed by atoms with Gasteiger partial charge in [0.2, 0.25) is 5.91 Å². The van der Waals surface area contributed by atoms with Crippen molar-refractivity contribution >= 4 is 40.5 Å². The Kier molecular flexibility index (Phi) is 4.47. The van der Waals surface area contributed by atoms with Crippen molar-refractivity contribution in [2.24, 2.45) is 5.41 Å². The Labute approximate surface area is 129 Å². The number of hydrogen-bond donors (Lipinski definition) is 2. The summed E-state index contributed by atoms with van der Waals surface area (Å²) < 4.78 is 0. The molecular formula is C14H19Cl2N3O. The standard InChI is InChI=1S/C14H19Cl2N3O/c1-14(2)3-4-19(8-14)7-12(20)18-13-10(16)5-9(15)6-11(13)17/h5-6H,3-4,7-8,17H2,1-2H3,(H,18,20). The van der Waals surface area contributed by atoms with Crippen LogP contribution in [0, 0.1) is 5.41 Å². The van der Waals surface area contributed by atoms with Crippen LogP contribution in [-0.2, 0) is 4.79 Å². The lowest BCUT2D eigenvalue weighted by Crippen LogP contribution is -2.32. The van der Waals surface area contributed by atoms with Crippen LogP contribution >= 0.6 is 23.2 Å². The Balaban J connectivity index is 1.99. The maximum absolute atomic E-state index is 12.1. The highest BCUT2D eigenvalue weighted by molar-refractivity contribution is 6.37. The van der Waals surface area contributed by atoms with Crippen molar-refractivity contribution in [3.8, 4) is 0 Å². The lowest BCUT2D eigenvalue weighted by atomic mass is 9.93. The Hall–Kier alpha value is -0.970. The van der Waals surface area contributed by atoms with E-state index in [-0.39, 0.29) is 11.3 Å². The van der Waals surface area contributed by atoms with Crippen LogP contribution in [0.1, 0.15) is 20.3 Å². The van der Waals surface area contributed by atoms with E-state index in [1.54, 1.807) is 12.1 Å². The van der Waals surface area contributed by atoms with E-state index in [9.17, 15) is 4.79 Å². The van der Waals surface area contributed by atoms with Gasteiger partial charge in [-0.15, -0.1) is 0 Å². The molecule has 0 radical (unpaired) electrons. The molecule has 1 fully saturated rings. The number of likely N-dealkylation sites (tertiary alicyclic amines) is 1. The van der Waals surface area contributed by atoms with Crippen LogP contribution in [0.4, 0.5) is 11.4 Å². The summed E-state index contributed by atoms with van der Waals surface area (Å²) >= 11 is 11.9. The minimum atomic E-state index is -0.112. The van der Waals surface area contributed by atoms with Crippen LogP contribution in [-0.4, -0.2) is 30.4 Å². The second-order valence-corrected chi connectivity index (χ2v) is 6.87. The molecule has 1 aliphatic rings. The Morgan fingerprint density at radius 1 is 1.45 bits per heavy atom. The topological polar surface area (TPSA) is 58.4 Å². The van der Waals surface area contributed by atoms with Crippen LogP contribution in [0.2, 0.25) is 10.0 Å². The summed E-state index contributed by atoms with van der Waals surface area (Å²) in [5.74, 6) is -0.112. The number of nitrogen functional groups attached to an aromatic ring is 1. The number of hydrogen-bond acceptors (Lipinski definition) is 3. The van der Waals surface area contributed by atoms with Gasteiger partial charge in [-0.3, -0.25) is 9.69 Å². The molecule has 4 nitrogen and oxygen atoms in total. The number of rotatable bonds is 3. The van der Waals surface area contributed by atoms with E-state index in [2.05, 4.69) is 24.1 Å². The average Bonchev–Trinajstić information content (AvgIpc) is 2.63. The normalized spacial score (nSPS) is 18.2. The molecule has 0 spiro atoms. The molecule has 0 saturated carbocycles. The molecule has 0 atom stereocenters. The number of benzene rings is 1. The number of carbonyl (C=O) groups excluding carboxylic acids is 1. The van der Waals surface area contributed by atoms with E-state index in [1.807, 2.05) is 0 Å². The van der Waals surface area contributed by atoms with Crippen molar-refractivity contribution in [2.45, 2.75) is 20.3 Å². The maximum atomic E-state index is 12.1. The molecule has 110 valence electrons. The summed E-state index contributed by atoms with van der Waals surface area (Å²) in [6.45, 7) is 6.62. The van der Waals surface area contributed by atoms with Gasteiger partial charge in [0, 0.05) is 11.6 Å². The van der Waals surface area contributed by atoms with Crippen molar-refractivity contribution in [3.63, 3.8) is 0 Å². The first kappa shape index (κ1) is 15.4. The van der Waals surface area contributed by atoms with Crippen molar-refractivity contribution in [3.05, 3.63) is 22.2 Å². The Morgan fingerprint density at radius 2 is 2.15 bits per heavy atom. The van der Waals surface area contributed by atoms with Gasteiger partial charge in [0.1, 0.15) is 0 Å². The lowest BCUT2D eigenvalue weighted by molar-refractivity contribution is -0.117. The van der Waals surface area contributed by atoms with Gasteiger partial charge in [-0.1, -0.05) is 37.0 Å². The van der Waals surface area contributed by atoms with Gasteiger partial charge >= 0.3 is 0 Å². The quantitative estimate of drug-likeness (QED) is 0.842. The van der Waals surface area contributed by atoms with Crippen LogP contribution < -0.4 is 11.1 Å². The van der Waals surface area contributed by atoms with E-state index in [1.165, 1.54) is 0 Å². The molecular weight excluding hydrogens is 297 g/mol. The zero-order valence-corrected chi connectivity index (χ0v) is 13.2. The number of carbonyl (C=O) groups is 1. The maximum Gasteiger partial charge on any atom is 0.238 e. The number of nitrogens with zero attached hydrogens (tertiary/aromatic N) is 1. The minimum Gasteiger partial charge on any atom is -0.397 e. The second kappa shape index (κ2) is 5.80. The Bertz CT molecular complexity index is 508. The molecule has 0 aromatic heterocycles. The fourth-order valence-corrected chi connectivity index (χ4v) is 3.02. The highest BCUT2D eigenvalue weighted by Crippen LogP contribution is 2.32. The van der Waals surface area contributed by atoms with Gasteiger partial charge in [-0.2, -0.15) is 0 Å². The fraction of sp³-hybridized carbons (Fsp3) is 0.500. The highest BCUT2D eigenvalue weighted by atomic mass is 35.5. The van der Waals surface area contributed by atoms with Crippen molar-refractivity contribution < 1.29 is 4.79 Å². The highest BCUT2D eigenvalue weighted by Gasteiger charge is 2.30. The second-order valence-electron chi connectivity index (χ2n) is 6.02. The van der Waals surface area contributed by atoms with Crippen LogP contribution in [0.3, 0.4) is 0 Å². The predicted octanol–water partition coefficient (Wildman–Crippen LogP) is 3.25. The van der Waals surface area contributed by atoms with Crippen molar-refractivity contribution in [1.29, 1.82) is 0 Å². The molecule has 0 unspecified atom stereocenters.